The number of nitrogens with one attached hydrogen (secondary N) is 1. The van der Waals surface area contributed by atoms with E-state index < -0.39 is 11.7 Å². The number of nitrogens with zero attached hydrogens (tertiary/aromatic N) is 2. The molecule has 0 saturated carbocycles. The molecule has 5 rings (SSSR count). The van der Waals surface area contributed by atoms with Gasteiger partial charge in [0.05, 0.1) is 12.0 Å². The Labute approximate surface area is 274 Å². The minimum atomic E-state index is -4.42. The first-order valence-electron chi connectivity index (χ1n) is 16.0. The highest BCUT2D eigenvalue weighted by atomic mass is 19.4. The van der Waals surface area contributed by atoms with Gasteiger partial charge in [-0.2, -0.15) is 13.2 Å². The van der Waals surface area contributed by atoms with Crippen LogP contribution < -0.4 is 5.32 Å². The van der Waals surface area contributed by atoms with Crippen LogP contribution in [0, 0.1) is 0 Å². The van der Waals surface area contributed by atoms with E-state index in [-0.39, 0.29) is 36.4 Å². The quantitative estimate of drug-likeness (QED) is 0.159. The Bertz CT molecular complexity index is 1610. The van der Waals surface area contributed by atoms with Gasteiger partial charge in [0.1, 0.15) is 6.61 Å². The summed E-state index contributed by atoms with van der Waals surface area (Å²) in [4.78, 5) is 32.6. The largest absolute Gasteiger partial charge is 0.461 e. The van der Waals surface area contributed by atoms with Crippen molar-refractivity contribution in [3.05, 3.63) is 126 Å². The Hall–Kier alpha value is -4.50. The fraction of sp³-hybridized carbons (Fsp3) is 0.342. The average Bonchev–Trinajstić information content (AvgIpc) is 3.08. The van der Waals surface area contributed by atoms with Crippen LogP contribution in [0.15, 0.2) is 103 Å². The van der Waals surface area contributed by atoms with E-state index in [1.165, 1.54) is 12.1 Å². The number of carbonyl (C=O) groups is 2. The monoisotopic (exact) mass is 643 g/mol. The van der Waals surface area contributed by atoms with Gasteiger partial charge < -0.3 is 15.0 Å². The number of carbonyl (C=O) groups excluding carboxylic acids is 2. The number of hydrogen-bond donors (Lipinski definition) is 1. The number of piperidine rings is 1. The molecule has 4 aromatic rings. The lowest BCUT2D eigenvalue weighted by atomic mass is 9.76. The molecule has 9 heteroatoms. The fourth-order valence-electron chi connectivity index (χ4n) is 6.22. The van der Waals surface area contributed by atoms with E-state index >= 15 is 0 Å². The molecule has 246 valence electrons. The van der Waals surface area contributed by atoms with Crippen LogP contribution in [0.25, 0.3) is 11.1 Å². The molecule has 3 aromatic carbocycles. The van der Waals surface area contributed by atoms with Gasteiger partial charge >= 0.3 is 12.1 Å². The first kappa shape index (κ1) is 33.9. The van der Waals surface area contributed by atoms with Crippen LogP contribution in [0.2, 0.25) is 0 Å². The molecular weight excluding hydrogens is 603 g/mol. The number of esters is 1. The van der Waals surface area contributed by atoms with Gasteiger partial charge in [-0.25, -0.2) is 0 Å². The van der Waals surface area contributed by atoms with Gasteiger partial charge in [-0.1, -0.05) is 67.6 Å². The second-order valence-electron chi connectivity index (χ2n) is 12.4. The molecule has 1 unspecified atom stereocenters. The third kappa shape index (κ3) is 9.29. The number of ether oxygens (including phenoxy) is 1. The number of aromatic nitrogens is 1. The molecule has 1 atom stereocenters. The molecule has 2 heterocycles. The minimum absolute atomic E-state index is 0.00385. The Kier molecular flexibility index (Phi) is 11.1. The summed E-state index contributed by atoms with van der Waals surface area (Å²) in [5, 5.41) is 3.15. The van der Waals surface area contributed by atoms with E-state index in [1.54, 1.807) is 36.7 Å². The molecule has 0 spiro atoms. The maximum atomic E-state index is 13.3. The van der Waals surface area contributed by atoms with Crippen LogP contribution in [0.1, 0.15) is 66.1 Å². The third-order valence-corrected chi connectivity index (χ3v) is 8.98. The van der Waals surface area contributed by atoms with Crippen LogP contribution in [0.4, 0.5) is 13.2 Å². The van der Waals surface area contributed by atoms with E-state index in [2.05, 4.69) is 34.3 Å². The number of likely N-dealkylation sites (tertiary alicyclic amines) is 1. The second-order valence-corrected chi connectivity index (χ2v) is 12.4. The van der Waals surface area contributed by atoms with Gasteiger partial charge in [-0.15, -0.1) is 0 Å². The van der Waals surface area contributed by atoms with Crippen molar-refractivity contribution in [1.82, 2.24) is 15.2 Å². The number of amides is 1. The van der Waals surface area contributed by atoms with Crippen LogP contribution >= 0.6 is 0 Å². The molecule has 0 aliphatic carbocycles. The number of pyridine rings is 1. The summed E-state index contributed by atoms with van der Waals surface area (Å²) < 4.78 is 44.7. The molecule has 1 fully saturated rings. The first-order valence-corrected chi connectivity index (χ1v) is 16.0. The van der Waals surface area contributed by atoms with Crippen LogP contribution in [0.3, 0.4) is 0 Å². The van der Waals surface area contributed by atoms with E-state index in [9.17, 15) is 22.8 Å². The van der Waals surface area contributed by atoms with Gasteiger partial charge in [0.25, 0.3) is 5.91 Å². The summed E-state index contributed by atoms with van der Waals surface area (Å²) in [6.07, 6.45) is 2.54. The Morgan fingerprint density at radius 3 is 2.21 bits per heavy atom. The summed E-state index contributed by atoms with van der Waals surface area (Å²) >= 11 is 0. The molecule has 1 aromatic heterocycles. The van der Waals surface area contributed by atoms with E-state index in [0.717, 1.165) is 68.6 Å². The summed E-state index contributed by atoms with van der Waals surface area (Å²) in [5.41, 5.74) is 2.51. The maximum absolute atomic E-state index is 13.3. The van der Waals surface area contributed by atoms with Crippen LogP contribution in [-0.4, -0.2) is 47.4 Å². The zero-order chi connectivity index (χ0) is 33.3. The fourth-order valence-corrected chi connectivity index (χ4v) is 6.22. The van der Waals surface area contributed by atoms with Gasteiger partial charge in [0.15, 0.2) is 0 Å². The number of alkyl halides is 3. The van der Waals surface area contributed by atoms with E-state index in [1.807, 2.05) is 30.3 Å². The lowest BCUT2D eigenvalue weighted by Crippen LogP contribution is -2.45. The molecule has 47 heavy (non-hydrogen) atoms. The van der Waals surface area contributed by atoms with Crippen molar-refractivity contribution < 1.29 is 27.5 Å². The number of benzene rings is 3. The summed E-state index contributed by atoms with van der Waals surface area (Å²) in [6, 6.07) is 25.7. The standard InChI is InChI=1S/C38H40F3N3O3/c1-37(30-8-3-2-4-9-30,26-35(45)47-27-28-16-21-42-22-17-28)20-7-23-44-24-18-32(19-25-44)43-36(46)34-11-6-5-10-33(34)29-12-14-31(15-13-29)38(39,40)41/h2-6,8-17,21-22,32H,7,18-20,23-27H2,1H3,(H,43,46). The number of hydrogen-bond acceptors (Lipinski definition) is 5. The minimum Gasteiger partial charge on any atom is -0.461 e. The second kappa shape index (κ2) is 15.4. The van der Waals surface area contributed by atoms with Crippen LogP contribution in [-0.2, 0) is 27.7 Å². The highest BCUT2D eigenvalue weighted by Gasteiger charge is 2.32. The SMILES string of the molecule is CC(CCCN1CCC(NC(=O)c2ccccc2-c2ccc(C(F)(F)F)cc2)CC1)(CC(=O)OCc1ccncc1)c1ccccc1. The van der Waals surface area contributed by atoms with Crippen molar-refractivity contribution >= 4 is 11.9 Å². The molecule has 1 aliphatic heterocycles. The van der Waals surface area contributed by atoms with Crippen LogP contribution in [0.5, 0.6) is 0 Å². The average molecular weight is 644 g/mol. The molecule has 1 saturated heterocycles. The zero-order valence-corrected chi connectivity index (χ0v) is 26.5. The van der Waals surface area contributed by atoms with E-state index in [4.69, 9.17) is 4.74 Å². The van der Waals surface area contributed by atoms with Gasteiger partial charge in [-0.05, 0) is 84.8 Å². The molecule has 6 nitrogen and oxygen atoms in total. The smallest absolute Gasteiger partial charge is 0.416 e. The first-order chi connectivity index (χ1) is 22.6. The van der Waals surface area contributed by atoms with Crippen molar-refractivity contribution in [3.8, 4) is 11.1 Å². The predicted octanol–water partition coefficient (Wildman–Crippen LogP) is 7.83. The Balaban J connectivity index is 1.12. The molecule has 0 radical (unpaired) electrons. The molecule has 0 bridgehead atoms. The Morgan fingerprint density at radius 1 is 0.872 bits per heavy atom. The highest BCUT2D eigenvalue weighted by molar-refractivity contribution is 6.01. The van der Waals surface area contributed by atoms with E-state index in [0.29, 0.717) is 16.7 Å². The van der Waals surface area contributed by atoms with Gasteiger partial charge in [0.2, 0.25) is 0 Å². The van der Waals surface area contributed by atoms with Gasteiger partial charge in [-0.3, -0.25) is 14.6 Å². The maximum Gasteiger partial charge on any atom is 0.416 e. The van der Waals surface area contributed by atoms with Crippen molar-refractivity contribution in [2.45, 2.75) is 63.3 Å². The topological polar surface area (TPSA) is 71.5 Å². The van der Waals surface area contributed by atoms with Crippen molar-refractivity contribution in [3.63, 3.8) is 0 Å². The summed E-state index contributed by atoms with van der Waals surface area (Å²) in [5.74, 6) is -0.460. The lowest BCUT2D eigenvalue weighted by Gasteiger charge is -2.34. The molecular formula is C38H40F3N3O3. The molecule has 1 N–H and O–H groups in total. The zero-order valence-electron chi connectivity index (χ0n) is 26.5. The lowest BCUT2D eigenvalue weighted by molar-refractivity contribution is -0.146. The Morgan fingerprint density at radius 2 is 1.53 bits per heavy atom. The third-order valence-electron chi connectivity index (χ3n) is 8.98. The normalized spacial score (nSPS) is 15.5. The number of halogens is 3. The van der Waals surface area contributed by atoms with Gasteiger partial charge in [0, 0.05) is 42.5 Å². The van der Waals surface area contributed by atoms with Crippen molar-refractivity contribution in [1.29, 1.82) is 0 Å². The van der Waals surface area contributed by atoms with Crippen molar-refractivity contribution in [2.24, 2.45) is 0 Å². The van der Waals surface area contributed by atoms with Crippen molar-refractivity contribution in [2.75, 3.05) is 19.6 Å². The molecule has 1 aliphatic rings. The summed E-state index contributed by atoms with van der Waals surface area (Å²) in [7, 11) is 0. The summed E-state index contributed by atoms with van der Waals surface area (Å²) in [6.45, 7) is 4.90. The highest BCUT2D eigenvalue weighted by Crippen LogP contribution is 2.34. The number of rotatable bonds is 12. The predicted molar refractivity (Wildman–Crippen MR) is 175 cm³/mol. The molecule has 1 amide bonds.